The summed E-state index contributed by atoms with van der Waals surface area (Å²) in [5.74, 6) is -0.138. The quantitative estimate of drug-likeness (QED) is 0.823. The fourth-order valence-electron chi connectivity index (χ4n) is 3.77. The summed E-state index contributed by atoms with van der Waals surface area (Å²) in [6.45, 7) is 8.82. The second-order valence-electron chi connectivity index (χ2n) is 7.07. The molecule has 0 atom stereocenters. The van der Waals surface area contributed by atoms with Gasteiger partial charge in [0.25, 0.3) is 5.91 Å². The number of hydrogen-bond donors (Lipinski definition) is 1. The molecule has 0 aliphatic carbocycles. The molecule has 27 heavy (non-hydrogen) atoms. The maximum atomic E-state index is 13.0. The van der Waals surface area contributed by atoms with Gasteiger partial charge in [-0.2, -0.15) is 0 Å². The number of nitrogens with one attached hydrogen (secondary N) is 1. The average molecular weight is 369 g/mol. The van der Waals surface area contributed by atoms with Crippen molar-refractivity contribution in [2.45, 2.75) is 27.3 Å². The minimum absolute atomic E-state index is 0.0272. The molecule has 0 bridgehead atoms. The Morgan fingerprint density at radius 1 is 1.19 bits per heavy atom. The molecule has 144 valence electrons. The number of aromatic amines is 1. The Balaban J connectivity index is 1.82. The van der Waals surface area contributed by atoms with Crippen LogP contribution in [0.15, 0.2) is 24.3 Å². The Morgan fingerprint density at radius 3 is 2.48 bits per heavy atom. The van der Waals surface area contributed by atoms with E-state index in [1.165, 1.54) is 6.92 Å². The van der Waals surface area contributed by atoms with Crippen LogP contribution in [0.1, 0.15) is 44.6 Å². The van der Waals surface area contributed by atoms with Gasteiger partial charge in [0.1, 0.15) is 5.69 Å². The highest BCUT2D eigenvalue weighted by molar-refractivity contribution is 6.02. The third kappa shape index (κ3) is 3.90. The number of aryl methyl sites for hydroxylation is 1. The molecule has 6 heteroatoms. The maximum Gasteiger partial charge on any atom is 0.270 e. The predicted molar refractivity (Wildman–Crippen MR) is 106 cm³/mol. The van der Waals surface area contributed by atoms with Crippen molar-refractivity contribution in [3.05, 3.63) is 52.3 Å². The Labute approximate surface area is 160 Å². The number of morpholine rings is 1. The van der Waals surface area contributed by atoms with E-state index in [-0.39, 0.29) is 11.7 Å². The molecule has 2 aromatic rings. The number of amides is 1. The van der Waals surface area contributed by atoms with Crippen LogP contribution >= 0.6 is 0 Å². The third-order valence-corrected chi connectivity index (χ3v) is 5.10. The van der Waals surface area contributed by atoms with Gasteiger partial charge in [-0.05, 0) is 38.0 Å². The molecule has 0 unspecified atom stereocenters. The highest BCUT2D eigenvalue weighted by Gasteiger charge is 2.23. The number of anilines is 1. The summed E-state index contributed by atoms with van der Waals surface area (Å²) < 4.78 is 5.45. The second-order valence-corrected chi connectivity index (χ2v) is 7.07. The molecule has 0 spiro atoms. The van der Waals surface area contributed by atoms with E-state index in [2.05, 4.69) is 22.0 Å². The van der Waals surface area contributed by atoms with Crippen LogP contribution in [0.4, 0.5) is 5.69 Å². The number of rotatable bonds is 5. The van der Waals surface area contributed by atoms with Crippen LogP contribution < -0.4 is 4.90 Å². The normalized spacial score (nSPS) is 14.3. The van der Waals surface area contributed by atoms with Crippen LogP contribution in [0, 0.1) is 13.8 Å². The van der Waals surface area contributed by atoms with Crippen LogP contribution in [0.25, 0.3) is 0 Å². The van der Waals surface area contributed by atoms with Gasteiger partial charge < -0.3 is 19.5 Å². The van der Waals surface area contributed by atoms with E-state index in [0.29, 0.717) is 17.8 Å². The van der Waals surface area contributed by atoms with Crippen molar-refractivity contribution in [2.75, 3.05) is 38.3 Å². The van der Waals surface area contributed by atoms with Gasteiger partial charge in [-0.1, -0.05) is 18.2 Å². The van der Waals surface area contributed by atoms with Crippen molar-refractivity contribution in [2.24, 2.45) is 0 Å². The number of benzene rings is 1. The lowest BCUT2D eigenvalue weighted by atomic mass is 10.1. The number of hydrogen-bond acceptors (Lipinski definition) is 4. The Kier molecular flexibility index (Phi) is 5.65. The van der Waals surface area contributed by atoms with Gasteiger partial charge in [0.05, 0.1) is 13.2 Å². The third-order valence-electron chi connectivity index (χ3n) is 5.10. The largest absolute Gasteiger partial charge is 0.378 e. The van der Waals surface area contributed by atoms with Crippen LogP contribution in [-0.4, -0.2) is 54.9 Å². The monoisotopic (exact) mass is 369 g/mol. The van der Waals surface area contributed by atoms with E-state index >= 15 is 0 Å². The number of ether oxygens (including phenoxy) is 1. The number of carbonyl (C=O) groups excluding carboxylic acids is 2. The van der Waals surface area contributed by atoms with E-state index in [4.69, 9.17) is 4.74 Å². The van der Waals surface area contributed by atoms with Crippen molar-refractivity contribution in [1.29, 1.82) is 0 Å². The molecule has 1 aromatic heterocycles. The lowest BCUT2D eigenvalue weighted by molar-refractivity contribution is 0.0779. The van der Waals surface area contributed by atoms with Crippen LogP contribution in [0.5, 0.6) is 0 Å². The predicted octanol–water partition coefficient (Wildman–Crippen LogP) is 2.94. The number of carbonyl (C=O) groups is 2. The number of nitrogens with zero attached hydrogens (tertiary/aromatic N) is 2. The van der Waals surface area contributed by atoms with Crippen molar-refractivity contribution in [3.63, 3.8) is 0 Å². The van der Waals surface area contributed by atoms with Crippen LogP contribution in [0.2, 0.25) is 0 Å². The summed E-state index contributed by atoms with van der Waals surface area (Å²) in [4.78, 5) is 31.9. The fourth-order valence-corrected chi connectivity index (χ4v) is 3.77. The highest BCUT2D eigenvalue weighted by atomic mass is 16.5. The molecule has 1 aliphatic heterocycles. The first-order valence-corrected chi connectivity index (χ1v) is 9.26. The molecule has 6 nitrogen and oxygen atoms in total. The number of ketones is 1. The van der Waals surface area contributed by atoms with Gasteiger partial charge in [-0.15, -0.1) is 0 Å². The fraction of sp³-hybridized carbons (Fsp3) is 0.429. The van der Waals surface area contributed by atoms with E-state index in [1.807, 2.05) is 26.0 Å². The average Bonchev–Trinajstić information content (AvgIpc) is 2.96. The molecule has 1 aliphatic rings. The Bertz CT molecular complexity index is 850. The molecule has 1 fully saturated rings. The smallest absolute Gasteiger partial charge is 0.270 e. The molecule has 1 N–H and O–H groups in total. The Hall–Kier alpha value is -2.60. The van der Waals surface area contributed by atoms with Gasteiger partial charge >= 0.3 is 0 Å². The molecule has 3 rings (SSSR count). The van der Waals surface area contributed by atoms with Gasteiger partial charge in [0.15, 0.2) is 5.78 Å². The van der Waals surface area contributed by atoms with Crippen molar-refractivity contribution >= 4 is 17.4 Å². The molecular formula is C21H27N3O3. The number of Topliss-reactive ketones (excluding diaryl/α,β-unsaturated/α-hetero) is 1. The first kappa shape index (κ1) is 19.2. The molecule has 0 radical (unpaired) electrons. The first-order chi connectivity index (χ1) is 12.9. The summed E-state index contributed by atoms with van der Waals surface area (Å²) in [5.41, 5.74) is 4.81. The molecule has 1 saturated heterocycles. The van der Waals surface area contributed by atoms with Gasteiger partial charge in [0.2, 0.25) is 0 Å². The molecule has 0 saturated carbocycles. The van der Waals surface area contributed by atoms with Crippen molar-refractivity contribution < 1.29 is 14.3 Å². The van der Waals surface area contributed by atoms with Crippen molar-refractivity contribution in [3.8, 4) is 0 Å². The number of H-pyrrole nitrogens is 1. The van der Waals surface area contributed by atoms with Gasteiger partial charge in [-0.3, -0.25) is 9.59 Å². The SMILES string of the molecule is CC(=O)c1c(C)[nH]c(C(=O)N(C)Cc2ccccc2N2CCOCC2)c1C. The molecular weight excluding hydrogens is 342 g/mol. The van der Waals surface area contributed by atoms with E-state index in [1.54, 1.807) is 11.9 Å². The minimum Gasteiger partial charge on any atom is -0.378 e. The summed E-state index contributed by atoms with van der Waals surface area (Å²) in [5, 5.41) is 0. The topological polar surface area (TPSA) is 65.6 Å². The van der Waals surface area contributed by atoms with E-state index in [9.17, 15) is 9.59 Å². The number of aromatic nitrogens is 1. The lowest BCUT2D eigenvalue weighted by Gasteiger charge is -2.31. The highest BCUT2D eigenvalue weighted by Crippen LogP contribution is 2.24. The standard InChI is InChI=1S/C21H27N3O3/c1-14-19(16(3)25)15(2)22-20(14)21(26)23(4)13-17-7-5-6-8-18(17)24-9-11-27-12-10-24/h5-8,22H,9-13H2,1-4H3. The summed E-state index contributed by atoms with van der Waals surface area (Å²) in [6, 6.07) is 8.17. The Morgan fingerprint density at radius 2 is 1.85 bits per heavy atom. The van der Waals surface area contributed by atoms with E-state index < -0.39 is 0 Å². The summed E-state index contributed by atoms with van der Waals surface area (Å²) in [7, 11) is 1.79. The molecule has 1 aromatic carbocycles. The first-order valence-electron chi connectivity index (χ1n) is 9.26. The zero-order valence-corrected chi connectivity index (χ0v) is 16.5. The lowest BCUT2D eigenvalue weighted by Crippen LogP contribution is -2.37. The van der Waals surface area contributed by atoms with E-state index in [0.717, 1.165) is 48.8 Å². The molecule has 1 amide bonds. The zero-order valence-electron chi connectivity index (χ0n) is 16.5. The van der Waals surface area contributed by atoms with Crippen LogP contribution in [-0.2, 0) is 11.3 Å². The van der Waals surface area contributed by atoms with Gasteiger partial charge in [-0.25, -0.2) is 0 Å². The summed E-state index contributed by atoms with van der Waals surface area (Å²) in [6.07, 6.45) is 0. The second kappa shape index (κ2) is 7.96. The van der Waals surface area contributed by atoms with Crippen LogP contribution in [0.3, 0.4) is 0 Å². The molecule has 2 heterocycles. The van der Waals surface area contributed by atoms with Gasteiger partial charge in [0, 0.05) is 43.6 Å². The maximum absolute atomic E-state index is 13.0. The zero-order chi connectivity index (χ0) is 19.6. The van der Waals surface area contributed by atoms with Crippen molar-refractivity contribution in [1.82, 2.24) is 9.88 Å². The summed E-state index contributed by atoms with van der Waals surface area (Å²) >= 11 is 0. The minimum atomic E-state index is -0.111. The number of para-hydroxylation sites is 1.